The second kappa shape index (κ2) is 17.3. The van der Waals surface area contributed by atoms with Gasteiger partial charge in [-0.3, -0.25) is 0 Å². The molecule has 4 aliphatic heterocycles. The van der Waals surface area contributed by atoms with Gasteiger partial charge in [0.25, 0.3) is 0 Å². The van der Waals surface area contributed by atoms with Crippen molar-refractivity contribution in [3.63, 3.8) is 0 Å². The fourth-order valence-corrected chi connectivity index (χ4v) is 10.9. The summed E-state index contributed by atoms with van der Waals surface area (Å²) in [6.45, 7) is 30.5. The fraction of sp³-hybridized carbons (Fsp3) is 0.864. The van der Waals surface area contributed by atoms with Crippen LogP contribution in [0.15, 0.2) is 0 Å². The van der Waals surface area contributed by atoms with E-state index in [0.717, 1.165) is 20.3 Å². The van der Waals surface area contributed by atoms with Crippen molar-refractivity contribution < 1.29 is 44.5 Å². The Labute approximate surface area is 379 Å². The maximum Gasteiger partial charge on any atom is 0.326 e. The van der Waals surface area contributed by atoms with E-state index in [4.69, 9.17) is 23.7 Å². The van der Waals surface area contributed by atoms with Crippen LogP contribution >= 0.6 is 0 Å². The molecule has 0 bridgehead atoms. The zero-order valence-electron chi connectivity index (χ0n) is 41.0. The Morgan fingerprint density at radius 1 is 0.391 bits per heavy atom. The molecule has 0 saturated carbocycles. The van der Waals surface area contributed by atoms with Gasteiger partial charge >= 0.3 is 30.1 Å². The number of piperidine rings is 4. The summed E-state index contributed by atoms with van der Waals surface area (Å²) < 4.78 is 31.7. The normalized spacial score (nSPS) is 26.2. The lowest BCUT2D eigenvalue weighted by atomic mass is 9.80. The van der Waals surface area contributed by atoms with Crippen LogP contribution in [0, 0.1) is 0 Å². The molecule has 0 unspecified atom stereocenters. The first-order valence-corrected chi connectivity index (χ1v) is 22.7. The lowest BCUT2D eigenvalue weighted by molar-refractivity contribution is -0.297. The smallest absolute Gasteiger partial charge is 0.326 e. The highest BCUT2D eigenvalue weighted by atomic mass is 16.6. The van der Waals surface area contributed by atoms with Crippen molar-refractivity contribution in [3.8, 4) is 30.1 Å². The van der Waals surface area contributed by atoms with Gasteiger partial charge in [-0.15, -0.1) is 61.0 Å². The van der Waals surface area contributed by atoms with Gasteiger partial charge in [-0.25, -0.2) is 0 Å². The number of aromatic nitrogens is 6. The average Bonchev–Trinajstić information content (AvgIpc) is 3.11. The highest BCUT2D eigenvalue weighted by Gasteiger charge is 2.51. The molecule has 6 rings (SSSR count). The van der Waals surface area contributed by atoms with Crippen molar-refractivity contribution in [1.82, 2.24) is 50.2 Å². The van der Waals surface area contributed by atoms with Crippen LogP contribution in [0.4, 0.5) is 5.95 Å². The molecule has 64 heavy (non-hydrogen) atoms. The van der Waals surface area contributed by atoms with Crippen LogP contribution in [0.3, 0.4) is 0 Å². The first kappa shape index (κ1) is 49.9. The van der Waals surface area contributed by atoms with Gasteiger partial charge in [0.15, 0.2) is 0 Å². The molecule has 4 radical (unpaired) electrons. The topological polar surface area (TPSA) is 228 Å². The Bertz CT molecular complexity index is 1630. The molecular formula is C44H73N11O9. The number of hydrogen-bond acceptors (Lipinski definition) is 16. The fourth-order valence-electron chi connectivity index (χ4n) is 10.9. The van der Waals surface area contributed by atoms with E-state index < -0.39 is 44.3 Å². The van der Waals surface area contributed by atoms with Crippen molar-refractivity contribution in [3.05, 3.63) is 0 Å². The van der Waals surface area contributed by atoms with Crippen LogP contribution in [-0.4, -0.2) is 132 Å². The Balaban J connectivity index is 1.21. The molecule has 2 aromatic heterocycles. The van der Waals surface area contributed by atoms with Crippen LogP contribution in [0.2, 0.25) is 0 Å². The predicted octanol–water partition coefficient (Wildman–Crippen LogP) is 6.53. The number of nitrogens with zero attached hydrogens (tertiary/aromatic N) is 10. The summed E-state index contributed by atoms with van der Waals surface area (Å²) in [4.78, 5) is 27.3. The number of nitrogens with one attached hydrogen (secondary N) is 1. The molecule has 20 heteroatoms. The van der Waals surface area contributed by atoms with Gasteiger partial charge in [0.2, 0.25) is 5.95 Å². The summed E-state index contributed by atoms with van der Waals surface area (Å²) >= 11 is 0. The van der Waals surface area contributed by atoms with Crippen molar-refractivity contribution in [2.24, 2.45) is 0 Å². The highest BCUT2D eigenvalue weighted by molar-refractivity contribution is 5.28. The third kappa shape index (κ3) is 11.2. The van der Waals surface area contributed by atoms with E-state index >= 15 is 0 Å². The minimum atomic E-state index is -0.693. The first-order chi connectivity index (χ1) is 29.2. The van der Waals surface area contributed by atoms with Gasteiger partial charge in [0.05, 0.1) is 6.54 Å². The van der Waals surface area contributed by atoms with Crippen LogP contribution in [-0.2, 0) is 20.8 Å². The Morgan fingerprint density at radius 2 is 0.609 bits per heavy atom. The molecule has 20 nitrogen and oxygen atoms in total. The Hall–Kier alpha value is -3.50. The van der Waals surface area contributed by atoms with Gasteiger partial charge in [-0.05, 0) is 111 Å². The highest BCUT2D eigenvalue weighted by Crippen LogP contribution is 2.42. The van der Waals surface area contributed by atoms with Crippen LogP contribution < -0.4 is 29.0 Å². The summed E-state index contributed by atoms with van der Waals surface area (Å²) in [5.74, 6) is 0.164. The summed E-state index contributed by atoms with van der Waals surface area (Å²) in [6.07, 6.45) is 2.07. The summed E-state index contributed by atoms with van der Waals surface area (Å²) in [6, 6.07) is 0.0122. The average molecular weight is 900 g/mol. The second-order valence-corrected chi connectivity index (χ2v) is 23.5. The maximum atomic E-state index is 13.1. The zero-order valence-corrected chi connectivity index (χ0v) is 41.0. The Kier molecular flexibility index (Phi) is 13.5. The molecule has 4 fully saturated rings. The largest absolute Gasteiger partial charge is 0.461 e. The molecule has 4 aliphatic rings. The van der Waals surface area contributed by atoms with E-state index in [-0.39, 0.29) is 73.6 Å². The van der Waals surface area contributed by atoms with Gasteiger partial charge in [0, 0.05) is 95.7 Å². The van der Waals surface area contributed by atoms with E-state index in [1.165, 1.54) is 0 Å². The van der Waals surface area contributed by atoms with Crippen LogP contribution in [0.25, 0.3) is 0 Å². The zero-order chi connectivity index (χ0) is 47.6. The SMILES string of the molecule is CC1(C)CC(Oc2nc(NCCOc3nc(OC4CC(C)(C)N([O])C(C)(C)C4)nc(OC4CC(C)(C)N([O])C(C)(C)C4)n3)nc(OC3CC(C)(C)N([O])C(C)(C)C3)n2)CC(C)(C)N1[O]. The molecule has 0 aliphatic carbocycles. The molecule has 4 saturated heterocycles. The van der Waals surface area contributed by atoms with Gasteiger partial charge in [0.1, 0.15) is 31.0 Å². The molecular weight excluding hydrogens is 827 g/mol. The van der Waals surface area contributed by atoms with Crippen molar-refractivity contribution in [1.29, 1.82) is 0 Å². The number of hydrogen-bond donors (Lipinski definition) is 1. The van der Waals surface area contributed by atoms with Crippen molar-refractivity contribution >= 4 is 5.95 Å². The van der Waals surface area contributed by atoms with Crippen molar-refractivity contribution in [2.45, 2.75) is 231 Å². The number of hydroxylamine groups is 8. The predicted molar refractivity (Wildman–Crippen MR) is 231 cm³/mol. The molecule has 6 heterocycles. The lowest BCUT2D eigenvalue weighted by Gasteiger charge is -2.49. The van der Waals surface area contributed by atoms with E-state index in [9.17, 15) is 20.8 Å². The standard InChI is InChI=1S/C44H73N11O9/c1-37(2)19-27(20-38(3,4)52(37)56)61-33-46-31(47-34(50-33)62-28-21-39(5,6)53(57)40(7,8)22-28)45-17-18-60-32-48-35(63-29-23-41(9,10)54(58)42(11,12)24-29)51-36(49-32)64-30-25-43(13,14)55(59)44(15,16)26-30/h27-30H,17-26H2,1-16H3,(H,45,46,47,50). The Morgan fingerprint density at radius 3 is 0.859 bits per heavy atom. The minimum Gasteiger partial charge on any atom is -0.461 e. The van der Waals surface area contributed by atoms with Crippen LogP contribution in [0.5, 0.6) is 30.1 Å². The quantitative estimate of drug-likeness (QED) is 0.211. The van der Waals surface area contributed by atoms with E-state index in [1.54, 1.807) is 0 Å². The molecule has 2 aromatic rings. The summed E-state index contributed by atoms with van der Waals surface area (Å²) in [7, 11) is 0. The molecule has 358 valence electrons. The third-order valence-electron chi connectivity index (χ3n) is 13.1. The van der Waals surface area contributed by atoms with Gasteiger partial charge in [-0.2, -0.15) is 9.97 Å². The minimum absolute atomic E-state index is 0.00641. The number of rotatable bonds is 13. The molecule has 1 N–H and O–H groups in total. The lowest BCUT2D eigenvalue weighted by Crippen LogP contribution is -2.60. The number of ether oxygens (including phenoxy) is 5. The van der Waals surface area contributed by atoms with E-state index in [1.807, 2.05) is 111 Å². The second-order valence-electron chi connectivity index (χ2n) is 23.5. The van der Waals surface area contributed by atoms with E-state index in [2.05, 4.69) is 35.2 Å². The molecule has 0 aromatic carbocycles. The maximum absolute atomic E-state index is 13.1. The van der Waals surface area contributed by atoms with Crippen LogP contribution in [0.1, 0.15) is 162 Å². The summed E-state index contributed by atoms with van der Waals surface area (Å²) in [5.41, 5.74) is -5.51. The third-order valence-corrected chi connectivity index (χ3v) is 13.1. The molecule has 0 spiro atoms. The van der Waals surface area contributed by atoms with Crippen molar-refractivity contribution in [2.75, 3.05) is 18.5 Å². The number of anilines is 1. The summed E-state index contributed by atoms with van der Waals surface area (Å²) in [5, 5.41) is 60.1. The van der Waals surface area contributed by atoms with Gasteiger partial charge < -0.3 is 29.0 Å². The molecule has 0 amide bonds. The van der Waals surface area contributed by atoms with E-state index in [0.29, 0.717) is 51.4 Å². The molecule has 0 atom stereocenters. The first-order valence-electron chi connectivity index (χ1n) is 22.7. The van der Waals surface area contributed by atoms with Gasteiger partial charge in [-0.1, -0.05) is 0 Å². The monoisotopic (exact) mass is 900 g/mol.